The van der Waals surface area contributed by atoms with Gasteiger partial charge in [-0.15, -0.1) is 0 Å². The monoisotopic (exact) mass is 617 g/mol. The number of carbonyl (C=O) groups excluding carboxylic acids is 1. The Morgan fingerprint density at radius 1 is 1.09 bits per heavy atom. The number of rotatable bonds is 16. The van der Waals surface area contributed by atoms with E-state index in [9.17, 15) is 4.79 Å². The highest BCUT2D eigenvalue weighted by Crippen LogP contribution is 2.41. The van der Waals surface area contributed by atoms with Crippen LogP contribution in [0.15, 0.2) is 18.2 Å². The van der Waals surface area contributed by atoms with E-state index in [0.29, 0.717) is 49.7 Å². The van der Waals surface area contributed by atoms with Gasteiger partial charge < -0.3 is 24.4 Å². The smallest absolute Gasteiger partial charge is 0.306 e. The number of methoxy groups -OCH3 is 2. The van der Waals surface area contributed by atoms with Crippen LogP contribution in [0.4, 0.5) is 17.3 Å². The molecule has 1 heterocycles. The molecule has 0 aliphatic heterocycles. The van der Waals surface area contributed by atoms with Crippen molar-refractivity contribution in [3.63, 3.8) is 0 Å². The number of ether oxygens (including phenoxy) is 3. The normalized spacial score (nSPS) is 20.2. The van der Waals surface area contributed by atoms with E-state index < -0.39 is 10.0 Å². The summed E-state index contributed by atoms with van der Waals surface area (Å²) < 4.78 is 18.7. The zero-order valence-electron chi connectivity index (χ0n) is 27.7. The van der Waals surface area contributed by atoms with Crippen molar-refractivity contribution < 1.29 is 19.0 Å². The van der Waals surface area contributed by atoms with Gasteiger partial charge in [0.2, 0.25) is 5.95 Å². The second kappa shape index (κ2) is 15.1. The maximum atomic E-state index is 12.1. The zero-order valence-corrected chi connectivity index (χ0v) is 28.5. The quantitative estimate of drug-likeness (QED) is 0.165. The molecular formula is C33H55N5O4S. The van der Waals surface area contributed by atoms with Crippen LogP contribution in [0.5, 0.6) is 0 Å². The van der Waals surface area contributed by atoms with Gasteiger partial charge in [-0.1, -0.05) is 26.8 Å². The van der Waals surface area contributed by atoms with E-state index >= 15 is 0 Å². The average Bonchev–Trinajstić information content (AvgIpc) is 3.75. The number of hydrogen-bond acceptors (Lipinski definition) is 8. The van der Waals surface area contributed by atoms with E-state index in [0.717, 1.165) is 73.6 Å². The Bertz CT molecular complexity index is 1180. The lowest BCUT2D eigenvalue weighted by molar-refractivity contribution is -0.140. The first-order valence-corrected chi connectivity index (χ1v) is 19.0. The molecule has 2 saturated carbocycles. The molecule has 9 nitrogen and oxygen atoms in total. The van der Waals surface area contributed by atoms with Crippen LogP contribution in [0.1, 0.15) is 88.9 Å². The SMILES string of the molecule is COC(=O)C[C@@H](C)c1ccc(N(CC(C)C)C2CCC(OC)CC2)c(Nc2nc(C3CC3)nn2COCCS(C)(C)C)c1. The van der Waals surface area contributed by atoms with Crippen LogP contribution in [0.25, 0.3) is 0 Å². The summed E-state index contributed by atoms with van der Waals surface area (Å²) in [5.74, 6) is 3.39. The minimum absolute atomic E-state index is 0.0147. The van der Waals surface area contributed by atoms with Gasteiger partial charge in [-0.05, 0) is 86.8 Å². The van der Waals surface area contributed by atoms with Crippen molar-refractivity contribution in [3.05, 3.63) is 29.6 Å². The minimum atomic E-state index is -0.633. The number of aromatic nitrogens is 3. The van der Waals surface area contributed by atoms with Gasteiger partial charge in [0.1, 0.15) is 6.73 Å². The summed E-state index contributed by atoms with van der Waals surface area (Å²) in [6.07, 6.45) is 14.2. The molecule has 1 atom stereocenters. The third-order valence-electron chi connectivity index (χ3n) is 8.51. The lowest BCUT2D eigenvalue weighted by Gasteiger charge is -2.40. The Morgan fingerprint density at radius 3 is 2.42 bits per heavy atom. The van der Waals surface area contributed by atoms with Gasteiger partial charge in [0.15, 0.2) is 5.82 Å². The molecule has 0 saturated heterocycles. The van der Waals surface area contributed by atoms with Gasteiger partial charge in [-0.25, -0.2) is 14.7 Å². The summed E-state index contributed by atoms with van der Waals surface area (Å²) in [7, 11) is 2.64. The lowest BCUT2D eigenvalue weighted by atomic mass is 9.90. The van der Waals surface area contributed by atoms with Crippen molar-refractivity contribution in [2.45, 2.75) is 96.4 Å². The van der Waals surface area contributed by atoms with E-state index in [1.54, 1.807) is 0 Å². The highest BCUT2D eigenvalue weighted by Gasteiger charge is 2.31. The van der Waals surface area contributed by atoms with Gasteiger partial charge in [0.25, 0.3) is 0 Å². The fourth-order valence-corrected chi connectivity index (χ4v) is 6.35. The van der Waals surface area contributed by atoms with Crippen molar-refractivity contribution in [1.29, 1.82) is 0 Å². The molecule has 0 radical (unpaired) electrons. The first kappa shape index (κ1) is 33.6. The summed E-state index contributed by atoms with van der Waals surface area (Å²) >= 11 is 0. The van der Waals surface area contributed by atoms with Crippen molar-refractivity contribution in [3.8, 4) is 0 Å². The molecule has 10 heteroatoms. The second-order valence-corrected chi connectivity index (χ2v) is 18.3. The van der Waals surface area contributed by atoms with Crippen LogP contribution in [-0.2, 0) is 25.7 Å². The third kappa shape index (κ3) is 9.85. The molecule has 1 N–H and O–H groups in total. The standard InChI is InChI=1S/C33H55N5O4S/c1-23(2)21-37(27-12-14-28(40-4)15-13-27)30-16-11-26(24(3)19-31(39)41-5)20-29(30)34-33-35-32(25-9-10-25)36-38(33)22-42-17-18-43(6,7)8/h11,16,20,23-25,27-28H,9-10,12-15,17-19,21-22H2,1-8H3,(H,34,35,36)/t24-,27?,28?/m1/s1. The fourth-order valence-electron chi connectivity index (χ4n) is 5.73. The number of anilines is 3. The van der Waals surface area contributed by atoms with Crippen LogP contribution in [-0.4, -0.2) is 84.8 Å². The predicted octanol–water partition coefficient (Wildman–Crippen LogP) is 6.65. The molecule has 1 aromatic carbocycles. The molecule has 43 heavy (non-hydrogen) atoms. The second-order valence-electron chi connectivity index (χ2n) is 13.7. The van der Waals surface area contributed by atoms with Crippen molar-refractivity contribution in [2.24, 2.45) is 5.92 Å². The van der Waals surface area contributed by atoms with Gasteiger partial charge >= 0.3 is 5.97 Å². The number of carbonyl (C=O) groups is 1. The van der Waals surface area contributed by atoms with Crippen LogP contribution in [0.2, 0.25) is 0 Å². The zero-order chi connectivity index (χ0) is 31.1. The van der Waals surface area contributed by atoms with E-state index in [4.69, 9.17) is 24.3 Å². The summed E-state index contributed by atoms with van der Waals surface area (Å²) in [6, 6.07) is 7.01. The first-order valence-electron chi connectivity index (χ1n) is 15.9. The number of esters is 1. The molecule has 0 bridgehead atoms. The topological polar surface area (TPSA) is 90.7 Å². The highest BCUT2D eigenvalue weighted by molar-refractivity contribution is 8.32. The van der Waals surface area contributed by atoms with Crippen LogP contribution >= 0.6 is 10.0 Å². The molecule has 0 amide bonds. The maximum Gasteiger partial charge on any atom is 0.306 e. The molecule has 4 rings (SSSR count). The van der Waals surface area contributed by atoms with Gasteiger partial charge in [0.05, 0.1) is 37.6 Å². The molecule has 2 aromatic rings. The third-order valence-corrected chi connectivity index (χ3v) is 9.90. The van der Waals surface area contributed by atoms with Gasteiger partial charge in [-0.3, -0.25) is 4.79 Å². The van der Waals surface area contributed by atoms with Crippen molar-refractivity contribution in [2.75, 3.05) is 62.1 Å². The Hall–Kier alpha value is -2.30. The van der Waals surface area contributed by atoms with E-state index in [-0.39, 0.29) is 11.9 Å². The molecule has 2 aliphatic rings. The molecule has 2 fully saturated rings. The highest BCUT2D eigenvalue weighted by atomic mass is 32.3. The maximum absolute atomic E-state index is 12.1. The number of nitrogens with one attached hydrogen (secondary N) is 1. The number of nitrogens with zero attached hydrogens (tertiary/aromatic N) is 4. The van der Waals surface area contributed by atoms with E-state index in [1.165, 1.54) is 7.11 Å². The number of benzene rings is 1. The van der Waals surface area contributed by atoms with Gasteiger partial charge in [0, 0.05) is 31.4 Å². The fraction of sp³-hybridized carbons (Fsp3) is 0.727. The summed E-state index contributed by atoms with van der Waals surface area (Å²) in [4.78, 5) is 19.7. The summed E-state index contributed by atoms with van der Waals surface area (Å²) in [6.45, 7) is 8.65. The Labute approximate surface area is 260 Å². The molecule has 1 aromatic heterocycles. The average molecular weight is 618 g/mol. The molecule has 0 unspecified atom stereocenters. The molecule has 0 spiro atoms. The van der Waals surface area contributed by atoms with Crippen molar-refractivity contribution in [1.82, 2.24) is 14.8 Å². The van der Waals surface area contributed by atoms with Crippen LogP contribution in [0, 0.1) is 5.92 Å². The minimum Gasteiger partial charge on any atom is -0.469 e. The molecule has 2 aliphatic carbocycles. The Balaban J connectivity index is 1.67. The predicted molar refractivity (Wildman–Crippen MR) is 178 cm³/mol. The lowest BCUT2D eigenvalue weighted by Crippen LogP contribution is -2.41. The van der Waals surface area contributed by atoms with E-state index in [2.05, 4.69) is 68.0 Å². The Morgan fingerprint density at radius 2 is 1.81 bits per heavy atom. The number of hydrogen-bond donors (Lipinski definition) is 1. The summed E-state index contributed by atoms with van der Waals surface area (Å²) in [5, 5.41) is 8.59. The van der Waals surface area contributed by atoms with Crippen LogP contribution in [0.3, 0.4) is 0 Å². The molecular weight excluding hydrogens is 562 g/mol. The summed E-state index contributed by atoms with van der Waals surface area (Å²) in [5.41, 5.74) is 3.23. The van der Waals surface area contributed by atoms with Crippen LogP contribution < -0.4 is 10.2 Å². The first-order chi connectivity index (χ1) is 20.5. The van der Waals surface area contributed by atoms with Gasteiger partial charge in [-0.2, -0.15) is 10.1 Å². The Kier molecular flexibility index (Phi) is 11.8. The molecule has 242 valence electrons. The van der Waals surface area contributed by atoms with E-state index in [1.807, 2.05) is 11.8 Å². The van der Waals surface area contributed by atoms with Crippen molar-refractivity contribution >= 4 is 33.3 Å². The largest absolute Gasteiger partial charge is 0.469 e.